The van der Waals surface area contributed by atoms with Gasteiger partial charge in [-0.15, -0.1) is 0 Å². The summed E-state index contributed by atoms with van der Waals surface area (Å²) in [6.07, 6.45) is 4.17. The van der Waals surface area contributed by atoms with Crippen molar-refractivity contribution >= 4 is 17.4 Å². The second-order valence-electron chi connectivity index (χ2n) is 6.90. The van der Waals surface area contributed by atoms with Crippen molar-refractivity contribution < 1.29 is 4.79 Å². The van der Waals surface area contributed by atoms with Crippen LogP contribution in [0.5, 0.6) is 0 Å². The van der Waals surface area contributed by atoms with E-state index in [-0.39, 0.29) is 35.6 Å². The fraction of sp³-hybridized carbons (Fsp3) is 0.471. The third-order valence-electron chi connectivity index (χ3n) is 3.61. The van der Waals surface area contributed by atoms with Crippen molar-refractivity contribution in [1.82, 2.24) is 19.5 Å². The van der Waals surface area contributed by atoms with E-state index in [0.717, 1.165) is 0 Å². The number of nitrogen functional groups attached to an aromatic ring is 1. The standard InChI is InChI=1S/C17H24N6O3/c1-10(2)8-22(16(25)12-7-19-5-6-20-12)13-14(18)23(9-11(3)4)17(26)21-15(13)24/h5-7,10-11H,8-9,18H2,1-4H3,(H,21,24,26). The van der Waals surface area contributed by atoms with E-state index < -0.39 is 17.2 Å². The van der Waals surface area contributed by atoms with Crippen LogP contribution in [0.3, 0.4) is 0 Å². The summed E-state index contributed by atoms with van der Waals surface area (Å²) < 4.78 is 1.28. The summed E-state index contributed by atoms with van der Waals surface area (Å²) in [6.45, 7) is 8.23. The average Bonchev–Trinajstić information content (AvgIpc) is 2.57. The van der Waals surface area contributed by atoms with Gasteiger partial charge in [0.05, 0.1) is 6.20 Å². The number of carbonyl (C=O) groups is 1. The fourth-order valence-electron chi connectivity index (χ4n) is 2.57. The molecule has 9 nitrogen and oxygen atoms in total. The highest BCUT2D eigenvalue weighted by Crippen LogP contribution is 2.20. The molecule has 0 fully saturated rings. The summed E-state index contributed by atoms with van der Waals surface area (Å²) >= 11 is 0. The molecule has 2 aromatic heterocycles. The van der Waals surface area contributed by atoms with E-state index in [1.54, 1.807) is 0 Å². The number of carbonyl (C=O) groups excluding carboxylic acids is 1. The lowest BCUT2D eigenvalue weighted by Gasteiger charge is -2.26. The molecule has 3 N–H and O–H groups in total. The molecule has 0 radical (unpaired) electrons. The Bertz CT molecular complexity index is 886. The third-order valence-corrected chi connectivity index (χ3v) is 3.61. The minimum Gasteiger partial charge on any atom is -0.383 e. The van der Waals surface area contributed by atoms with Gasteiger partial charge in [-0.05, 0) is 11.8 Å². The number of aromatic amines is 1. The van der Waals surface area contributed by atoms with Crippen LogP contribution in [0.4, 0.5) is 11.5 Å². The van der Waals surface area contributed by atoms with Gasteiger partial charge >= 0.3 is 5.69 Å². The number of H-pyrrole nitrogens is 1. The van der Waals surface area contributed by atoms with Gasteiger partial charge in [-0.1, -0.05) is 27.7 Å². The van der Waals surface area contributed by atoms with Gasteiger partial charge in [0.25, 0.3) is 11.5 Å². The Hall–Kier alpha value is -2.97. The SMILES string of the molecule is CC(C)CN(C(=O)c1cnccn1)c1c(N)n(CC(C)C)c(=O)[nH]c1=O. The Morgan fingerprint density at radius 3 is 2.46 bits per heavy atom. The number of hydrogen-bond acceptors (Lipinski definition) is 6. The quantitative estimate of drug-likeness (QED) is 0.787. The van der Waals surface area contributed by atoms with Gasteiger partial charge in [-0.3, -0.25) is 29.0 Å². The van der Waals surface area contributed by atoms with E-state index in [9.17, 15) is 14.4 Å². The molecule has 0 saturated heterocycles. The number of aromatic nitrogens is 4. The van der Waals surface area contributed by atoms with Crippen molar-refractivity contribution in [3.63, 3.8) is 0 Å². The Morgan fingerprint density at radius 1 is 1.23 bits per heavy atom. The highest BCUT2D eigenvalue weighted by atomic mass is 16.2. The van der Waals surface area contributed by atoms with E-state index in [2.05, 4.69) is 15.0 Å². The maximum Gasteiger partial charge on any atom is 0.330 e. The molecule has 0 unspecified atom stereocenters. The zero-order valence-corrected chi connectivity index (χ0v) is 15.4. The van der Waals surface area contributed by atoms with Gasteiger partial charge < -0.3 is 5.73 Å². The predicted octanol–water partition coefficient (Wildman–Crippen LogP) is 0.868. The van der Waals surface area contributed by atoms with Crippen LogP contribution in [0, 0.1) is 11.8 Å². The molecule has 2 heterocycles. The number of anilines is 2. The highest BCUT2D eigenvalue weighted by molar-refractivity contribution is 6.05. The van der Waals surface area contributed by atoms with Crippen molar-refractivity contribution in [3.8, 4) is 0 Å². The first kappa shape index (κ1) is 19.4. The Labute approximate surface area is 150 Å². The predicted molar refractivity (Wildman–Crippen MR) is 99.1 cm³/mol. The molecule has 0 saturated carbocycles. The largest absolute Gasteiger partial charge is 0.383 e. The number of nitrogens with zero attached hydrogens (tertiary/aromatic N) is 4. The Kier molecular flexibility index (Phi) is 5.91. The molecule has 0 aliphatic heterocycles. The van der Waals surface area contributed by atoms with Gasteiger partial charge in [-0.2, -0.15) is 0 Å². The second kappa shape index (κ2) is 7.94. The summed E-state index contributed by atoms with van der Waals surface area (Å²) in [5.41, 5.74) is 4.88. The van der Waals surface area contributed by atoms with Crippen molar-refractivity contribution in [2.24, 2.45) is 11.8 Å². The number of hydrogen-bond donors (Lipinski definition) is 2. The van der Waals surface area contributed by atoms with E-state index in [1.807, 2.05) is 27.7 Å². The Morgan fingerprint density at radius 2 is 1.92 bits per heavy atom. The molecule has 0 spiro atoms. The van der Waals surface area contributed by atoms with Crippen molar-refractivity contribution in [2.75, 3.05) is 17.2 Å². The molecule has 1 amide bonds. The monoisotopic (exact) mass is 360 g/mol. The molecule has 0 aliphatic rings. The molecule has 0 aromatic carbocycles. The first-order chi connectivity index (χ1) is 12.2. The van der Waals surface area contributed by atoms with Crippen LogP contribution in [0.15, 0.2) is 28.2 Å². The number of nitrogens with two attached hydrogens (primary N) is 1. The zero-order chi connectivity index (χ0) is 19.4. The van der Waals surface area contributed by atoms with Gasteiger partial charge in [0.1, 0.15) is 11.5 Å². The summed E-state index contributed by atoms with van der Waals surface area (Å²) in [7, 11) is 0. The number of rotatable bonds is 6. The van der Waals surface area contributed by atoms with Crippen LogP contribution in [0.2, 0.25) is 0 Å². The topological polar surface area (TPSA) is 127 Å². The second-order valence-corrected chi connectivity index (χ2v) is 6.90. The molecule has 0 bridgehead atoms. The van der Waals surface area contributed by atoms with Gasteiger partial charge in [-0.25, -0.2) is 9.78 Å². The van der Waals surface area contributed by atoms with Gasteiger partial charge in [0.15, 0.2) is 5.69 Å². The average molecular weight is 360 g/mol. The summed E-state index contributed by atoms with van der Waals surface area (Å²) in [5.74, 6) is -0.355. The summed E-state index contributed by atoms with van der Waals surface area (Å²) in [6, 6.07) is 0. The van der Waals surface area contributed by atoms with Crippen LogP contribution in [0.25, 0.3) is 0 Å². The van der Waals surface area contributed by atoms with E-state index in [1.165, 1.54) is 28.1 Å². The molecule has 2 rings (SSSR count). The van der Waals surface area contributed by atoms with Crippen LogP contribution < -0.4 is 21.9 Å². The molecule has 2 aromatic rings. The molecule has 0 atom stereocenters. The number of nitrogens with one attached hydrogen (secondary N) is 1. The lowest BCUT2D eigenvalue weighted by Crippen LogP contribution is -2.43. The molecule has 140 valence electrons. The minimum absolute atomic E-state index is 0.0367. The third kappa shape index (κ3) is 4.16. The van der Waals surface area contributed by atoms with Crippen LogP contribution in [-0.4, -0.2) is 32.0 Å². The zero-order valence-electron chi connectivity index (χ0n) is 15.4. The van der Waals surface area contributed by atoms with Crippen LogP contribution in [-0.2, 0) is 6.54 Å². The first-order valence-corrected chi connectivity index (χ1v) is 8.42. The molecule has 0 aliphatic carbocycles. The maximum atomic E-state index is 12.9. The summed E-state index contributed by atoms with van der Waals surface area (Å²) in [4.78, 5) is 49.0. The van der Waals surface area contributed by atoms with Crippen molar-refractivity contribution in [1.29, 1.82) is 0 Å². The van der Waals surface area contributed by atoms with E-state index in [4.69, 9.17) is 5.73 Å². The van der Waals surface area contributed by atoms with Gasteiger partial charge in [0, 0.05) is 25.5 Å². The number of amides is 1. The summed E-state index contributed by atoms with van der Waals surface area (Å²) in [5, 5.41) is 0. The van der Waals surface area contributed by atoms with Crippen LogP contribution >= 0.6 is 0 Å². The highest BCUT2D eigenvalue weighted by Gasteiger charge is 2.27. The van der Waals surface area contributed by atoms with Crippen molar-refractivity contribution in [3.05, 3.63) is 45.1 Å². The van der Waals surface area contributed by atoms with E-state index in [0.29, 0.717) is 6.54 Å². The van der Waals surface area contributed by atoms with Gasteiger partial charge in [0.2, 0.25) is 0 Å². The first-order valence-electron chi connectivity index (χ1n) is 8.42. The minimum atomic E-state index is -0.703. The van der Waals surface area contributed by atoms with E-state index >= 15 is 0 Å². The normalized spacial score (nSPS) is 11.2. The molecule has 26 heavy (non-hydrogen) atoms. The molecular formula is C17H24N6O3. The molecular weight excluding hydrogens is 336 g/mol. The van der Waals surface area contributed by atoms with Crippen LogP contribution in [0.1, 0.15) is 38.2 Å². The smallest absolute Gasteiger partial charge is 0.330 e. The Balaban J connectivity index is 2.63. The van der Waals surface area contributed by atoms with Crippen molar-refractivity contribution in [2.45, 2.75) is 34.2 Å². The lowest BCUT2D eigenvalue weighted by molar-refractivity contribution is 0.0978. The fourth-order valence-corrected chi connectivity index (χ4v) is 2.57. The maximum absolute atomic E-state index is 12.9. The lowest BCUT2D eigenvalue weighted by atomic mass is 10.1. The molecule has 9 heteroatoms.